The lowest BCUT2D eigenvalue weighted by molar-refractivity contribution is 0.0980. The molecule has 0 aliphatic heterocycles. The summed E-state index contributed by atoms with van der Waals surface area (Å²) in [5.74, 6) is 2.07. The van der Waals surface area contributed by atoms with Crippen molar-refractivity contribution in [3.8, 4) is 0 Å². The molecule has 0 radical (unpaired) electrons. The van der Waals surface area contributed by atoms with Gasteiger partial charge in [-0.2, -0.15) is 0 Å². The van der Waals surface area contributed by atoms with Gasteiger partial charge < -0.3 is 5.11 Å². The van der Waals surface area contributed by atoms with Gasteiger partial charge in [0, 0.05) is 6.61 Å². The van der Waals surface area contributed by atoms with Gasteiger partial charge in [-0.15, -0.1) is 0 Å². The van der Waals surface area contributed by atoms with Crippen LogP contribution in [0.3, 0.4) is 0 Å². The molecule has 0 heterocycles. The van der Waals surface area contributed by atoms with Gasteiger partial charge in [-0.05, 0) is 17.8 Å². The molecule has 1 fully saturated rings. The van der Waals surface area contributed by atoms with Gasteiger partial charge in [0.2, 0.25) is 0 Å². The lowest BCUT2D eigenvalue weighted by Crippen LogP contribution is -2.27. The minimum atomic E-state index is 0.391. The molecule has 2 atom stereocenters. The van der Waals surface area contributed by atoms with Crippen LogP contribution in [0.2, 0.25) is 0 Å². The van der Waals surface area contributed by atoms with Gasteiger partial charge in [-0.25, -0.2) is 0 Å². The molecule has 0 unspecified atom stereocenters. The predicted molar refractivity (Wildman–Crippen MR) is 42.8 cm³/mol. The Hall–Kier alpha value is -0.0400. The molecule has 60 valence electrons. The first kappa shape index (κ1) is 8.06. The first-order chi connectivity index (χ1) is 4.75. The second-order valence-electron chi connectivity index (χ2n) is 3.73. The number of aliphatic hydroxyl groups excluding tert-OH is 1. The molecule has 1 saturated carbocycles. The number of hydrogen-bond donors (Lipinski definition) is 1. The van der Waals surface area contributed by atoms with E-state index in [1.165, 1.54) is 19.3 Å². The van der Waals surface area contributed by atoms with Crippen LogP contribution in [-0.2, 0) is 0 Å². The SMILES string of the molecule is C[C@H]1CCC[C@H](C)C1CO. The van der Waals surface area contributed by atoms with E-state index in [1.807, 2.05) is 0 Å². The monoisotopic (exact) mass is 142 g/mol. The van der Waals surface area contributed by atoms with Crippen molar-refractivity contribution in [3.63, 3.8) is 0 Å². The van der Waals surface area contributed by atoms with Gasteiger partial charge in [-0.3, -0.25) is 0 Å². The van der Waals surface area contributed by atoms with E-state index in [1.54, 1.807) is 0 Å². The molecule has 1 rings (SSSR count). The van der Waals surface area contributed by atoms with Crippen molar-refractivity contribution in [2.24, 2.45) is 17.8 Å². The lowest BCUT2D eigenvalue weighted by atomic mass is 9.74. The second kappa shape index (κ2) is 3.38. The first-order valence-electron chi connectivity index (χ1n) is 4.36. The smallest absolute Gasteiger partial charge is 0.0464 e. The molecular formula is C9H18O. The summed E-state index contributed by atoms with van der Waals surface area (Å²) in [4.78, 5) is 0. The van der Waals surface area contributed by atoms with E-state index in [0.29, 0.717) is 12.5 Å². The fourth-order valence-electron chi connectivity index (χ4n) is 2.11. The highest BCUT2D eigenvalue weighted by atomic mass is 16.3. The summed E-state index contributed by atoms with van der Waals surface area (Å²) in [5.41, 5.74) is 0. The minimum absolute atomic E-state index is 0.391. The highest BCUT2D eigenvalue weighted by Gasteiger charge is 2.26. The highest BCUT2D eigenvalue weighted by Crippen LogP contribution is 2.33. The number of rotatable bonds is 1. The Labute approximate surface area is 63.4 Å². The molecule has 0 aromatic rings. The zero-order valence-electron chi connectivity index (χ0n) is 7.01. The molecular weight excluding hydrogens is 124 g/mol. The second-order valence-corrected chi connectivity index (χ2v) is 3.73. The van der Waals surface area contributed by atoms with Gasteiger partial charge in [0.1, 0.15) is 0 Å². The van der Waals surface area contributed by atoms with Crippen LogP contribution in [0.5, 0.6) is 0 Å². The van der Waals surface area contributed by atoms with Gasteiger partial charge in [0.25, 0.3) is 0 Å². The van der Waals surface area contributed by atoms with Gasteiger partial charge in [0.05, 0.1) is 0 Å². The average Bonchev–Trinajstić information content (AvgIpc) is 1.88. The van der Waals surface area contributed by atoms with Gasteiger partial charge in [-0.1, -0.05) is 33.1 Å². The fourth-order valence-corrected chi connectivity index (χ4v) is 2.11. The zero-order chi connectivity index (χ0) is 7.56. The maximum atomic E-state index is 9.03. The quantitative estimate of drug-likeness (QED) is 0.594. The Morgan fingerprint density at radius 2 is 1.70 bits per heavy atom. The largest absolute Gasteiger partial charge is 0.396 e. The summed E-state index contributed by atoms with van der Waals surface area (Å²) in [6, 6.07) is 0. The Bertz CT molecular complexity index is 90.9. The Morgan fingerprint density at radius 1 is 1.20 bits per heavy atom. The molecule has 1 heteroatoms. The molecule has 0 aromatic carbocycles. The fraction of sp³-hybridized carbons (Fsp3) is 1.00. The Balaban J connectivity index is 2.45. The van der Waals surface area contributed by atoms with Crippen LogP contribution < -0.4 is 0 Å². The summed E-state index contributed by atoms with van der Waals surface area (Å²) < 4.78 is 0. The van der Waals surface area contributed by atoms with Crippen LogP contribution in [0.1, 0.15) is 33.1 Å². The van der Waals surface area contributed by atoms with Crippen molar-refractivity contribution in [2.75, 3.05) is 6.61 Å². The molecule has 0 spiro atoms. The standard InChI is InChI=1S/C9H18O/c1-7-4-3-5-8(2)9(7)6-10/h7-10H,3-6H2,1-2H3/t7-,8-/m0/s1. The van der Waals surface area contributed by atoms with Crippen molar-refractivity contribution in [3.05, 3.63) is 0 Å². The van der Waals surface area contributed by atoms with Gasteiger partial charge >= 0.3 is 0 Å². The van der Waals surface area contributed by atoms with E-state index in [4.69, 9.17) is 5.11 Å². The third-order valence-corrected chi connectivity index (χ3v) is 2.99. The highest BCUT2D eigenvalue weighted by molar-refractivity contribution is 4.76. The topological polar surface area (TPSA) is 20.2 Å². The minimum Gasteiger partial charge on any atom is -0.396 e. The molecule has 1 aliphatic carbocycles. The maximum absolute atomic E-state index is 9.03. The van der Waals surface area contributed by atoms with Crippen molar-refractivity contribution < 1.29 is 5.11 Å². The van der Waals surface area contributed by atoms with E-state index in [0.717, 1.165) is 11.8 Å². The molecule has 0 aromatic heterocycles. The van der Waals surface area contributed by atoms with Crippen LogP contribution in [0.4, 0.5) is 0 Å². The van der Waals surface area contributed by atoms with Crippen molar-refractivity contribution >= 4 is 0 Å². The van der Waals surface area contributed by atoms with Gasteiger partial charge in [0.15, 0.2) is 0 Å². The Kier molecular flexibility index (Phi) is 2.72. The normalized spacial score (nSPS) is 36.3. The van der Waals surface area contributed by atoms with E-state index in [-0.39, 0.29) is 0 Å². The summed E-state index contributed by atoms with van der Waals surface area (Å²) in [6.45, 7) is 4.91. The summed E-state index contributed by atoms with van der Waals surface area (Å²) >= 11 is 0. The van der Waals surface area contributed by atoms with E-state index in [2.05, 4.69) is 13.8 Å². The van der Waals surface area contributed by atoms with Crippen molar-refractivity contribution in [1.82, 2.24) is 0 Å². The van der Waals surface area contributed by atoms with E-state index < -0.39 is 0 Å². The average molecular weight is 142 g/mol. The molecule has 1 N–H and O–H groups in total. The summed E-state index contributed by atoms with van der Waals surface area (Å²) in [6.07, 6.45) is 3.99. The van der Waals surface area contributed by atoms with E-state index in [9.17, 15) is 0 Å². The lowest BCUT2D eigenvalue weighted by Gasteiger charge is -2.32. The van der Waals surface area contributed by atoms with Crippen LogP contribution in [0.15, 0.2) is 0 Å². The Morgan fingerprint density at radius 3 is 2.00 bits per heavy atom. The van der Waals surface area contributed by atoms with Crippen molar-refractivity contribution in [1.29, 1.82) is 0 Å². The predicted octanol–water partition coefficient (Wildman–Crippen LogP) is 2.05. The molecule has 10 heavy (non-hydrogen) atoms. The summed E-state index contributed by atoms with van der Waals surface area (Å²) in [5, 5.41) is 9.03. The first-order valence-corrected chi connectivity index (χ1v) is 4.36. The number of aliphatic hydroxyl groups is 1. The van der Waals surface area contributed by atoms with Crippen LogP contribution in [0.25, 0.3) is 0 Å². The maximum Gasteiger partial charge on any atom is 0.0464 e. The number of hydrogen-bond acceptors (Lipinski definition) is 1. The van der Waals surface area contributed by atoms with Crippen LogP contribution in [0, 0.1) is 17.8 Å². The molecule has 0 bridgehead atoms. The molecule has 1 aliphatic rings. The van der Waals surface area contributed by atoms with Crippen molar-refractivity contribution in [2.45, 2.75) is 33.1 Å². The third kappa shape index (κ3) is 1.51. The summed E-state index contributed by atoms with van der Waals surface area (Å²) in [7, 11) is 0. The van der Waals surface area contributed by atoms with Crippen LogP contribution >= 0.6 is 0 Å². The molecule has 1 nitrogen and oxygen atoms in total. The van der Waals surface area contributed by atoms with E-state index >= 15 is 0 Å². The third-order valence-electron chi connectivity index (χ3n) is 2.99. The van der Waals surface area contributed by atoms with Crippen LogP contribution in [-0.4, -0.2) is 11.7 Å². The molecule has 0 saturated heterocycles. The zero-order valence-corrected chi connectivity index (χ0v) is 7.01. The molecule has 0 amide bonds.